The van der Waals surface area contributed by atoms with Crippen LogP contribution in [0.5, 0.6) is 0 Å². The summed E-state index contributed by atoms with van der Waals surface area (Å²) in [5.74, 6) is -1.62. The van der Waals surface area contributed by atoms with Crippen molar-refractivity contribution in [1.29, 1.82) is 0 Å². The quantitative estimate of drug-likeness (QED) is 0.643. The standard InChI is InChI=1S/C16H20O5/c1-2-14(20-13-8-3-4-9-13)21-16(19)12-7-5-6-11(10-12)15(17)18/h5-7,10,13-14H,2-4,8-9H2,1H3,(H,17,18). The number of ether oxygens (including phenoxy) is 2. The maximum Gasteiger partial charge on any atom is 0.340 e. The van der Waals surface area contributed by atoms with Crippen LogP contribution in [0, 0.1) is 0 Å². The average Bonchev–Trinajstić information content (AvgIpc) is 2.99. The molecule has 1 aromatic carbocycles. The molecule has 1 aliphatic rings. The van der Waals surface area contributed by atoms with Crippen LogP contribution in [0.1, 0.15) is 59.7 Å². The molecule has 0 aromatic heterocycles. The van der Waals surface area contributed by atoms with Crippen molar-refractivity contribution in [3.8, 4) is 0 Å². The zero-order valence-corrected chi connectivity index (χ0v) is 12.1. The maximum absolute atomic E-state index is 12.1. The van der Waals surface area contributed by atoms with Gasteiger partial charge in [0.25, 0.3) is 0 Å². The normalized spacial score (nSPS) is 16.6. The first kappa shape index (κ1) is 15.5. The van der Waals surface area contributed by atoms with E-state index in [1.165, 1.54) is 24.3 Å². The topological polar surface area (TPSA) is 72.8 Å². The van der Waals surface area contributed by atoms with E-state index in [4.69, 9.17) is 14.6 Å². The van der Waals surface area contributed by atoms with Gasteiger partial charge in [0.05, 0.1) is 17.2 Å². The first-order chi connectivity index (χ1) is 10.1. The summed E-state index contributed by atoms with van der Waals surface area (Å²) in [6.45, 7) is 1.89. The summed E-state index contributed by atoms with van der Waals surface area (Å²) in [6, 6.07) is 5.81. The molecule has 1 N–H and O–H groups in total. The zero-order valence-electron chi connectivity index (χ0n) is 12.1. The predicted octanol–water partition coefficient (Wildman–Crippen LogP) is 3.24. The van der Waals surface area contributed by atoms with Gasteiger partial charge in [-0.3, -0.25) is 0 Å². The SMILES string of the molecule is CCC(OC(=O)c1cccc(C(=O)O)c1)OC1CCCC1. The minimum Gasteiger partial charge on any atom is -0.478 e. The molecule has 1 atom stereocenters. The maximum atomic E-state index is 12.1. The number of carbonyl (C=O) groups is 2. The second kappa shape index (κ2) is 7.22. The number of hydrogen-bond acceptors (Lipinski definition) is 4. The summed E-state index contributed by atoms with van der Waals surface area (Å²) in [6.07, 6.45) is 4.46. The van der Waals surface area contributed by atoms with Gasteiger partial charge in [-0.1, -0.05) is 25.8 Å². The third-order valence-corrected chi connectivity index (χ3v) is 3.56. The molecule has 1 aliphatic carbocycles. The van der Waals surface area contributed by atoms with Crippen LogP contribution in [0.3, 0.4) is 0 Å². The van der Waals surface area contributed by atoms with E-state index in [1.54, 1.807) is 0 Å². The second-order valence-corrected chi connectivity index (χ2v) is 5.17. The molecule has 0 bridgehead atoms. The highest BCUT2D eigenvalue weighted by Crippen LogP contribution is 2.23. The molecule has 2 rings (SSSR count). The predicted molar refractivity (Wildman–Crippen MR) is 76.2 cm³/mol. The Hall–Kier alpha value is -1.88. The van der Waals surface area contributed by atoms with Gasteiger partial charge in [0, 0.05) is 6.42 Å². The van der Waals surface area contributed by atoms with Crippen molar-refractivity contribution in [3.63, 3.8) is 0 Å². The van der Waals surface area contributed by atoms with E-state index in [1.807, 2.05) is 6.92 Å². The second-order valence-electron chi connectivity index (χ2n) is 5.17. The molecule has 0 aliphatic heterocycles. The van der Waals surface area contributed by atoms with Crippen molar-refractivity contribution in [2.45, 2.75) is 51.4 Å². The van der Waals surface area contributed by atoms with Crippen LogP contribution in [-0.4, -0.2) is 29.4 Å². The number of benzene rings is 1. The Balaban J connectivity index is 1.98. The van der Waals surface area contributed by atoms with E-state index in [9.17, 15) is 9.59 Å². The van der Waals surface area contributed by atoms with Crippen molar-refractivity contribution in [2.75, 3.05) is 0 Å². The Morgan fingerprint density at radius 2 is 1.95 bits per heavy atom. The highest BCUT2D eigenvalue weighted by molar-refractivity contribution is 5.94. The van der Waals surface area contributed by atoms with Crippen LogP contribution >= 0.6 is 0 Å². The smallest absolute Gasteiger partial charge is 0.340 e. The summed E-state index contributed by atoms with van der Waals surface area (Å²) in [4.78, 5) is 23.0. The molecule has 114 valence electrons. The van der Waals surface area contributed by atoms with Gasteiger partial charge in [0.2, 0.25) is 6.29 Å². The van der Waals surface area contributed by atoms with Crippen LogP contribution in [0.25, 0.3) is 0 Å². The van der Waals surface area contributed by atoms with Crippen molar-refractivity contribution in [3.05, 3.63) is 35.4 Å². The number of carboxylic acid groups (broad SMARTS) is 1. The van der Waals surface area contributed by atoms with Crippen LogP contribution in [0.2, 0.25) is 0 Å². The summed E-state index contributed by atoms with van der Waals surface area (Å²) in [5, 5.41) is 8.93. The number of esters is 1. The number of carbonyl (C=O) groups excluding carboxylic acids is 1. The van der Waals surface area contributed by atoms with Crippen molar-refractivity contribution >= 4 is 11.9 Å². The van der Waals surface area contributed by atoms with Gasteiger partial charge in [-0.25, -0.2) is 9.59 Å². The van der Waals surface area contributed by atoms with E-state index in [0.29, 0.717) is 6.42 Å². The molecular weight excluding hydrogens is 272 g/mol. The summed E-state index contributed by atoms with van der Waals surface area (Å²) < 4.78 is 11.1. The molecule has 21 heavy (non-hydrogen) atoms. The van der Waals surface area contributed by atoms with Crippen LogP contribution in [0.4, 0.5) is 0 Å². The number of hydrogen-bond donors (Lipinski definition) is 1. The van der Waals surface area contributed by atoms with E-state index in [2.05, 4.69) is 0 Å². The van der Waals surface area contributed by atoms with E-state index in [-0.39, 0.29) is 17.2 Å². The number of rotatable bonds is 6. The Morgan fingerprint density at radius 3 is 2.57 bits per heavy atom. The first-order valence-electron chi connectivity index (χ1n) is 7.30. The molecular formula is C16H20O5. The lowest BCUT2D eigenvalue weighted by Gasteiger charge is -2.21. The van der Waals surface area contributed by atoms with Gasteiger partial charge < -0.3 is 14.6 Å². The monoisotopic (exact) mass is 292 g/mol. The van der Waals surface area contributed by atoms with Gasteiger partial charge in [0.1, 0.15) is 0 Å². The summed E-state index contributed by atoms with van der Waals surface area (Å²) in [5.41, 5.74) is 0.289. The molecule has 1 aromatic rings. The minimum atomic E-state index is -1.07. The van der Waals surface area contributed by atoms with Crippen LogP contribution in [0.15, 0.2) is 24.3 Å². The first-order valence-corrected chi connectivity index (χ1v) is 7.30. The molecule has 1 unspecified atom stereocenters. The van der Waals surface area contributed by atoms with Gasteiger partial charge in [-0.2, -0.15) is 0 Å². The largest absolute Gasteiger partial charge is 0.478 e. The van der Waals surface area contributed by atoms with E-state index >= 15 is 0 Å². The Labute approximate surface area is 123 Å². The Morgan fingerprint density at radius 1 is 1.29 bits per heavy atom. The van der Waals surface area contributed by atoms with E-state index < -0.39 is 18.2 Å². The molecule has 0 saturated heterocycles. The van der Waals surface area contributed by atoms with Crippen molar-refractivity contribution in [1.82, 2.24) is 0 Å². The number of carboxylic acids is 1. The average molecular weight is 292 g/mol. The molecule has 1 fully saturated rings. The lowest BCUT2D eigenvalue weighted by molar-refractivity contribution is -0.140. The Kier molecular flexibility index (Phi) is 5.33. The van der Waals surface area contributed by atoms with E-state index in [0.717, 1.165) is 25.7 Å². The molecule has 0 radical (unpaired) electrons. The fourth-order valence-corrected chi connectivity index (χ4v) is 2.41. The summed E-state index contributed by atoms with van der Waals surface area (Å²) in [7, 11) is 0. The van der Waals surface area contributed by atoms with Crippen LogP contribution < -0.4 is 0 Å². The van der Waals surface area contributed by atoms with Gasteiger partial charge in [-0.15, -0.1) is 0 Å². The molecule has 0 heterocycles. The van der Waals surface area contributed by atoms with Gasteiger partial charge >= 0.3 is 11.9 Å². The lowest BCUT2D eigenvalue weighted by Crippen LogP contribution is -2.25. The zero-order chi connectivity index (χ0) is 15.2. The van der Waals surface area contributed by atoms with Crippen molar-refractivity contribution in [2.24, 2.45) is 0 Å². The molecule has 5 nitrogen and oxygen atoms in total. The third-order valence-electron chi connectivity index (χ3n) is 3.56. The highest BCUT2D eigenvalue weighted by atomic mass is 16.7. The Bertz CT molecular complexity index is 505. The fourth-order valence-electron chi connectivity index (χ4n) is 2.41. The third kappa shape index (κ3) is 4.29. The van der Waals surface area contributed by atoms with Gasteiger partial charge in [-0.05, 0) is 31.0 Å². The number of aromatic carboxylic acids is 1. The fraction of sp³-hybridized carbons (Fsp3) is 0.500. The minimum absolute atomic E-state index is 0.0641. The molecule has 0 spiro atoms. The van der Waals surface area contributed by atoms with Gasteiger partial charge in [0.15, 0.2) is 0 Å². The molecule has 5 heteroatoms. The molecule has 1 saturated carbocycles. The summed E-state index contributed by atoms with van der Waals surface area (Å²) >= 11 is 0. The van der Waals surface area contributed by atoms with Crippen molar-refractivity contribution < 1.29 is 24.2 Å². The van der Waals surface area contributed by atoms with Crippen LogP contribution in [-0.2, 0) is 9.47 Å². The lowest BCUT2D eigenvalue weighted by atomic mass is 10.1. The molecule has 0 amide bonds. The highest BCUT2D eigenvalue weighted by Gasteiger charge is 2.22.